The van der Waals surface area contributed by atoms with Crippen LogP contribution in [0, 0.1) is 5.92 Å². The Kier molecular flexibility index (Phi) is 6.26. The first-order valence-corrected chi connectivity index (χ1v) is 6.72. The Bertz CT molecular complexity index is 149. The first-order valence-electron chi connectivity index (χ1n) is 6.72. The number of likely N-dealkylation sites (N-methyl/N-ethyl adjacent to an activating group) is 1. The summed E-state index contributed by atoms with van der Waals surface area (Å²) < 4.78 is 0. The number of nitrogens with zero attached hydrogens (tertiary/aromatic N) is 1. The summed E-state index contributed by atoms with van der Waals surface area (Å²) in [7, 11) is 0. The van der Waals surface area contributed by atoms with E-state index in [1.807, 2.05) is 0 Å². The second kappa shape index (κ2) is 7.24. The lowest BCUT2D eigenvalue weighted by Gasteiger charge is -2.24. The fourth-order valence-corrected chi connectivity index (χ4v) is 2.52. The second-order valence-corrected chi connectivity index (χ2v) is 4.95. The molecule has 1 rings (SSSR count). The van der Waals surface area contributed by atoms with Crippen LogP contribution >= 0.6 is 0 Å². The molecule has 1 aliphatic carbocycles. The number of hydrogen-bond acceptors (Lipinski definition) is 2. The molecule has 1 saturated carbocycles. The molecule has 1 atom stereocenters. The van der Waals surface area contributed by atoms with Crippen LogP contribution in [0.15, 0.2) is 0 Å². The molecule has 0 bridgehead atoms. The van der Waals surface area contributed by atoms with Crippen molar-refractivity contribution < 1.29 is 0 Å². The molecule has 0 aromatic carbocycles. The van der Waals surface area contributed by atoms with Gasteiger partial charge in [0.2, 0.25) is 0 Å². The quantitative estimate of drug-likeness (QED) is 0.697. The van der Waals surface area contributed by atoms with Gasteiger partial charge in [-0.25, -0.2) is 0 Å². The summed E-state index contributed by atoms with van der Waals surface area (Å²) in [4.78, 5) is 2.49. The zero-order chi connectivity index (χ0) is 11.1. The average Bonchev–Trinajstić information content (AvgIpc) is 2.75. The molecule has 0 aliphatic heterocycles. The fourth-order valence-electron chi connectivity index (χ4n) is 2.52. The molecule has 1 N–H and O–H groups in total. The van der Waals surface area contributed by atoms with E-state index in [0.29, 0.717) is 6.04 Å². The van der Waals surface area contributed by atoms with Crippen molar-refractivity contribution >= 4 is 0 Å². The van der Waals surface area contributed by atoms with E-state index in [1.165, 1.54) is 51.9 Å². The summed E-state index contributed by atoms with van der Waals surface area (Å²) in [5.41, 5.74) is 0. The highest BCUT2D eigenvalue weighted by Gasteiger charge is 2.15. The summed E-state index contributed by atoms with van der Waals surface area (Å²) in [6.45, 7) is 11.6. The summed E-state index contributed by atoms with van der Waals surface area (Å²) in [5.74, 6) is 0.962. The topological polar surface area (TPSA) is 15.3 Å². The summed E-state index contributed by atoms with van der Waals surface area (Å²) in [6, 6.07) is 0.644. The average molecular weight is 212 g/mol. The van der Waals surface area contributed by atoms with Gasteiger partial charge in [-0.15, -0.1) is 0 Å². The van der Waals surface area contributed by atoms with Gasteiger partial charge in [-0.05, 0) is 45.3 Å². The molecule has 1 unspecified atom stereocenters. The third-order valence-corrected chi connectivity index (χ3v) is 3.66. The highest BCUT2D eigenvalue weighted by atomic mass is 15.1. The van der Waals surface area contributed by atoms with E-state index in [2.05, 4.69) is 31.0 Å². The molecular weight excluding hydrogens is 184 g/mol. The van der Waals surface area contributed by atoms with E-state index in [9.17, 15) is 0 Å². The number of rotatable bonds is 7. The summed E-state index contributed by atoms with van der Waals surface area (Å²) in [5, 5.41) is 3.68. The molecule has 0 aromatic rings. The van der Waals surface area contributed by atoms with Crippen LogP contribution in [-0.4, -0.2) is 37.1 Å². The van der Waals surface area contributed by atoms with Gasteiger partial charge in [-0.1, -0.05) is 26.7 Å². The Morgan fingerprint density at radius 1 is 1.20 bits per heavy atom. The lowest BCUT2D eigenvalue weighted by molar-refractivity contribution is 0.266. The van der Waals surface area contributed by atoms with Crippen LogP contribution in [0.4, 0.5) is 0 Å². The van der Waals surface area contributed by atoms with Crippen molar-refractivity contribution in [2.45, 2.75) is 52.5 Å². The molecule has 1 aliphatic rings. The third kappa shape index (κ3) is 4.98. The van der Waals surface area contributed by atoms with Gasteiger partial charge < -0.3 is 10.2 Å². The maximum atomic E-state index is 3.68. The van der Waals surface area contributed by atoms with Gasteiger partial charge in [0.1, 0.15) is 0 Å². The van der Waals surface area contributed by atoms with Crippen molar-refractivity contribution in [1.82, 2.24) is 10.2 Å². The van der Waals surface area contributed by atoms with E-state index < -0.39 is 0 Å². The van der Waals surface area contributed by atoms with Crippen molar-refractivity contribution in [2.75, 3.05) is 26.2 Å². The highest BCUT2D eigenvalue weighted by Crippen LogP contribution is 2.23. The predicted octanol–water partition coefficient (Wildman–Crippen LogP) is 2.50. The molecular formula is C13H28N2. The fraction of sp³-hybridized carbons (Fsp3) is 1.00. The normalized spacial score (nSPS) is 20.0. The van der Waals surface area contributed by atoms with Crippen LogP contribution in [-0.2, 0) is 0 Å². The molecule has 0 amide bonds. The van der Waals surface area contributed by atoms with Gasteiger partial charge in [0.15, 0.2) is 0 Å². The van der Waals surface area contributed by atoms with Gasteiger partial charge in [-0.2, -0.15) is 0 Å². The molecule has 2 nitrogen and oxygen atoms in total. The van der Waals surface area contributed by atoms with Gasteiger partial charge in [-0.3, -0.25) is 0 Å². The Labute approximate surface area is 95.4 Å². The minimum Gasteiger partial charge on any atom is -0.313 e. The first kappa shape index (κ1) is 13.0. The van der Waals surface area contributed by atoms with Gasteiger partial charge in [0, 0.05) is 12.6 Å². The van der Waals surface area contributed by atoms with Crippen LogP contribution in [0.25, 0.3) is 0 Å². The molecule has 0 aromatic heterocycles. The van der Waals surface area contributed by atoms with Crippen LogP contribution in [0.3, 0.4) is 0 Å². The standard InChI is InChI=1S/C13H28N2/c1-4-15(5-2)11-12(3)14-10-13-8-6-7-9-13/h12-14H,4-11H2,1-3H3. The molecule has 0 spiro atoms. The number of nitrogens with one attached hydrogen (secondary N) is 1. The molecule has 0 heterocycles. The molecule has 90 valence electrons. The van der Waals surface area contributed by atoms with E-state index >= 15 is 0 Å². The van der Waals surface area contributed by atoms with Crippen molar-refractivity contribution in [2.24, 2.45) is 5.92 Å². The number of hydrogen-bond donors (Lipinski definition) is 1. The Morgan fingerprint density at radius 2 is 1.80 bits per heavy atom. The van der Waals surface area contributed by atoms with Gasteiger partial charge in [0.25, 0.3) is 0 Å². The Morgan fingerprint density at radius 3 is 2.33 bits per heavy atom. The van der Waals surface area contributed by atoms with Crippen LogP contribution in [0.1, 0.15) is 46.5 Å². The molecule has 1 fully saturated rings. The van der Waals surface area contributed by atoms with E-state index in [0.717, 1.165) is 5.92 Å². The Balaban J connectivity index is 2.08. The van der Waals surface area contributed by atoms with E-state index in [-0.39, 0.29) is 0 Å². The smallest absolute Gasteiger partial charge is 0.0166 e. The van der Waals surface area contributed by atoms with E-state index in [4.69, 9.17) is 0 Å². The third-order valence-electron chi connectivity index (χ3n) is 3.66. The van der Waals surface area contributed by atoms with Crippen molar-refractivity contribution in [1.29, 1.82) is 0 Å². The van der Waals surface area contributed by atoms with Gasteiger partial charge in [0.05, 0.1) is 0 Å². The lowest BCUT2D eigenvalue weighted by Crippen LogP contribution is -2.40. The SMILES string of the molecule is CCN(CC)CC(C)NCC1CCCC1. The zero-order valence-electron chi connectivity index (χ0n) is 10.8. The maximum absolute atomic E-state index is 3.68. The zero-order valence-corrected chi connectivity index (χ0v) is 10.8. The van der Waals surface area contributed by atoms with Crippen molar-refractivity contribution in [3.05, 3.63) is 0 Å². The molecule has 2 heteroatoms. The van der Waals surface area contributed by atoms with Crippen molar-refractivity contribution in [3.63, 3.8) is 0 Å². The predicted molar refractivity (Wildman–Crippen MR) is 67.2 cm³/mol. The minimum absolute atomic E-state index is 0.644. The van der Waals surface area contributed by atoms with Crippen LogP contribution in [0.2, 0.25) is 0 Å². The summed E-state index contributed by atoms with van der Waals surface area (Å²) in [6.07, 6.45) is 5.81. The maximum Gasteiger partial charge on any atom is 0.0166 e. The first-order chi connectivity index (χ1) is 7.26. The second-order valence-electron chi connectivity index (χ2n) is 4.95. The van der Waals surface area contributed by atoms with Crippen molar-refractivity contribution in [3.8, 4) is 0 Å². The molecule has 15 heavy (non-hydrogen) atoms. The van der Waals surface area contributed by atoms with E-state index in [1.54, 1.807) is 0 Å². The monoisotopic (exact) mass is 212 g/mol. The lowest BCUT2D eigenvalue weighted by atomic mass is 10.1. The molecule has 0 radical (unpaired) electrons. The molecule has 0 saturated heterocycles. The summed E-state index contributed by atoms with van der Waals surface area (Å²) >= 11 is 0. The Hall–Kier alpha value is -0.0800. The highest BCUT2D eigenvalue weighted by molar-refractivity contribution is 4.73. The van der Waals surface area contributed by atoms with Gasteiger partial charge >= 0.3 is 0 Å². The van der Waals surface area contributed by atoms with Crippen LogP contribution in [0.5, 0.6) is 0 Å². The minimum atomic E-state index is 0.644. The van der Waals surface area contributed by atoms with Crippen LogP contribution < -0.4 is 5.32 Å². The largest absolute Gasteiger partial charge is 0.313 e.